The van der Waals surface area contributed by atoms with E-state index in [9.17, 15) is 15.2 Å². The molecule has 0 aromatic heterocycles. The standard InChI is InChI=1S/C14H12BrN3O4/c1-22-13-7-9(6-10(15)14(13)19)8-16-17-11-4-2-3-5-12(11)18(20)21/h2-8,17,19H,1H3. The minimum atomic E-state index is -0.488. The summed E-state index contributed by atoms with van der Waals surface area (Å²) in [4.78, 5) is 10.4. The third-order valence-electron chi connectivity index (χ3n) is 2.77. The number of phenolic OH excluding ortho intramolecular Hbond substituents is 1. The van der Waals surface area contributed by atoms with Gasteiger partial charge in [0.1, 0.15) is 5.69 Å². The number of hydrogen-bond acceptors (Lipinski definition) is 6. The van der Waals surface area contributed by atoms with Gasteiger partial charge in [-0.2, -0.15) is 5.10 Å². The molecule has 2 N–H and O–H groups in total. The number of nitrogens with one attached hydrogen (secondary N) is 1. The molecule has 0 saturated heterocycles. The Morgan fingerprint density at radius 1 is 1.41 bits per heavy atom. The molecule has 2 rings (SSSR count). The second-order valence-corrected chi connectivity index (χ2v) is 5.05. The topological polar surface area (TPSA) is 97.0 Å². The molecular formula is C14H12BrN3O4. The smallest absolute Gasteiger partial charge is 0.294 e. The van der Waals surface area contributed by atoms with Crippen LogP contribution >= 0.6 is 15.9 Å². The Morgan fingerprint density at radius 3 is 2.82 bits per heavy atom. The maximum atomic E-state index is 10.9. The van der Waals surface area contributed by atoms with Crippen molar-refractivity contribution in [3.05, 3.63) is 56.5 Å². The van der Waals surface area contributed by atoms with Gasteiger partial charge in [-0.25, -0.2) is 0 Å². The number of para-hydroxylation sites is 2. The molecule has 8 heteroatoms. The van der Waals surface area contributed by atoms with Crippen molar-refractivity contribution in [1.82, 2.24) is 0 Å². The van der Waals surface area contributed by atoms with Crippen LogP contribution in [0.4, 0.5) is 11.4 Å². The maximum absolute atomic E-state index is 10.9. The van der Waals surface area contributed by atoms with E-state index >= 15 is 0 Å². The largest absolute Gasteiger partial charge is 0.503 e. The van der Waals surface area contributed by atoms with Crippen molar-refractivity contribution in [1.29, 1.82) is 0 Å². The average Bonchev–Trinajstić information content (AvgIpc) is 2.51. The lowest BCUT2D eigenvalue weighted by Crippen LogP contribution is -1.96. The monoisotopic (exact) mass is 365 g/mol. The molecule has 0 aliphatic rings. The zero-order chi connectivity index (χ0) is 16.1. The Morgan fingerprint density at radius 2 is 2.14 bits per heavy atom. The van der Waals surface area contributed by atoms with Gasteiger partial charge in [-0.1, -0.05) is 12.1 Å². The van der Waals surface area contributed by atoms with Crippen molar-refractivity contribution in [2.24, 2.45) is 5.10 Å². The maximum Gasteiger partial charge on any atom is 0.294 e. The molecule has 0 bridgehead atoms. The summed E-state index contributed by atoms with van der Waals surface area (Å²) in [7, 11) is 1.44. The molecular weight excluding hydrogens is 354 g/mol. The summed E-state index contributed by atoms with van der Waals surface area (Å²) in [6, 6.07) is 9.42. The van der Waals surface area contributed by atoms with Gasteiger partial charge in [-0.3, -0.25) is 15.5 Å². The van der Waals surface area contributed by atoms with Gasteiger partial charge in [-0.15, -0.1) is 0 Å². The Bertz CT molecular complexity index is 734. The second kappa shape index (κ2) is 6.90. The molecule has 2 aromatic rings. The highest BCUT2D eigenvalue weighted by Gasteiger charge is 2.11. The lowest BCUT2D eigenvalue weighted by atomic mass is 10.2. The number of nitrogens with zero attached hydrogens (tertiary/aromatic N) is 2. The van der Waals surface area contributed by atoms with Gasteiger partial charge < -0.3 is 9.84 Å². The number of hydrazone groups is 1. The Kier molecular flexibility index (Phi) is 4.95. The number of halogens is 1. The first-order valence-corrected chi connectivity index (χ1v) is 6.91. The highest BCUT2D eigenvalue weighted by molar-refractivity contribution is 9.10. The molecule has 22 heavy (non-hydrogen) atoms. The lowest BCUT2D eigenvalue weighted by molar-refractivity contribution is -0.384. The summed E-state index contributed by atoms with van der Waals surface area (Å²) in [6.07, 6.45) is 1.46. The fourth-order valence-corrected chi connectivity index (χ4v) is 2.19. The summed E-state index contributed by atoms with van der Waals surface area (Å²) in [5, 5.41) is 24.6. The number of ether oxygens (including phenoxy) is 1. The van der Waals surface area contributed by atoms with Crippen LogP contribution in [0.25, 0.3) is 0 Å². The molecule has 0 radical (unpaired) electrons. The number of phenols is 1. The molecule has 7 nitrogen and oxygen atoms in total. The lowest BCUT2D eigenvalue weighted by Gasteiger charge is -2.06. The first-order chi connectivity index (χ1) is 10.5. The molecule has 0 amide bonds. The molecule has 0 unspecified atom stereocenters. The minimum absolute atomic E-state index is 0.00805. The number of hydrogen-bond donors (Lipinski definition) is 2. The van der Waals surface area contributed by atoms with E-state index in [1.54, 1.807) is 30.3 Å². The van der Waals surface area contributed by atoms with Gasteiger partial charge in [-0.05, 0) is 39.7 Å². The minimum Gasteiger partial charge on any atom is -0.503 e. The molecule has 114 valence electrons. The second-order valence-electron chi connectivity index (χ2n) is 4.20. The number of benzene rings is 2. The normalized spacial score (nSPS) is 10.6. The van der Waals surface area contributed by atoms with Gasteiger partial charge in [0, 0.05) is 6.07 Å². The van der Waals surface area contributed by atoms with Crippen LogP contribution in [0.3, 0.4) is 0 Å². The summed E-state index contributed by atoms with van der Waals surface area (Å²) in [5.74, 6) is 0.285. The highest BCUT2D eigenvalue weighted by atomic mass is 79.9. The van der Waals surface area contributed by atoms with Crippen molar-refractivity contribution >= 4 is 33.5 Å². The number of methoxy groups -OCH3 is 1. The van der Waals surface area contributed by atoms with Crippen LogP contribution in [0.1, 0.15) is 5.56 Å². The van der Waals surface area contributed by atoms with Gasteiger partial charge in [0.05, 0.1) is 22.7 Å². The van der Waals surface area contributed by atoms with E-state index in [0.717, 1.165) is 0 Å². The van der Waals surface area contributed by atoms with E-state index in [0.29, 0.717) is 15.8 Å². The highest BCUT2D eigenvalue weighted by Crippen LogP contribution is 2.34. The van der Waals surface area contributed by atoms with Gasteiger partial charge in [0.15, 0.2) is 11.5 Å². The van der Waals surface area contributed by atoms with Crippen LogP contribution < -0.4 is 10.2 Å². The predicted octanol–water partition coefficient (Wildman–Crippen LogP) is 3.52. The van der Waals surface area contributed by atoms with Crippen LogP contribution in [0.5, 0.6) is 11.5 Å². The first kappa shape index (κ1) is 15.8. The molecule has 0 atom stereocenters. The van der Waals surface area contributed by atoms with Gasteiger partial charge >= 0.3 is 0 Å². The molecule has 0 fully saturated rings. The van der Waals surface area contributed by atoms with Crippen molar-refractivity contribution in [3.63, 3.8) is 0 Å². The van der Waals surface area contributed by atoms with Crippen LogP contribution in [0.2, 0.25) is 0 Å². The summed E-state index contributed by atoms with van der Waals surface area (Å²) in [5.41, 5.74) is 3.49. The van der Waals surface area contributed by atoms with E-state index < -0.39 is 4.92 Å². The Hall–Kier alpha value is -2.61. The fraction of sp³-hybridized carbons (Fsp3) is 0.0714. The average molecular weight is 366 g/mol. The SMILES string of the molecule is COc1cc(C=NNc2ccccc2[N+](=O)[O-])cc(Br)c1O. The molecule has 0 heterocycles. The summed E-state index contributed by atoms with van der Waals surface area (Å²) < 4.78 is 5.49. The van der Waals surface area contributed by atoms with E-state index in [1.165, 1.54) is 19.4 Å². The Labute approximate surface area is 134 Å². The van der Waals surface area contributed by atoms with Crippen molar-refractivity contribution in [2.45, 2.75) is 0 Å². The summed E-state index contributed by atoms with van der Waals surface area (Å²) >= 11 is 3.20. The van der Waals surface area contributed by atoms with Crippen LogP contribution in [-0.2, 0) is 0 Å². The van der Waals surface area contributed by atoms with E-state index in [1.807, 2.05) is 0 Å². The van der Waals surface area contributed by atoms with E-state index in [-0.39, 0.29) is 17.1 Å². The van der Waals surface area contributed by atoms with E-state index in [2.05, 4.69) is 26.5 Å². The Balaban J connectivity index is 2.20. The number of anilines is 1. The molecule has 0 spiro atoms. The van der Waals surface area contributed by atoms with E-state index in [4.69, 9.17) is 4.74 Å². The third-order valence-corrected chi connectivity index (χ3v) is 3.37. The predicted molar refractivity (Wildman–Crippen MR) is 86.7 cm³/mol. The van der Waals surface area contributed by atoms with Gasteiger partial charge in [0.2, 0.25) is 0 Å². The first-order valence-electron chi connectivity index (χ1n) is 6.12. The number of aromatic hydroxyl groups is 1. The zero-order valence-electron chi connectivity index (χ0n) is 11.5. The molecule has 0 aliphatic carbocycles. The van der Waals surface area contributed by atoms with Crippen LogP contribution in [-0.4, -0.2) is 23.4 Å². The van der Waals surface area contributed by atoms with Crippen LogP contribution in [0.15, 0.2) is 46.0 Å². The third kappa shape index (κ3) is 3.53. The fourth-order valence-electron chi connectivity index (χ4n) is 1.73. The van der Waals surface area contributed by atoms with Crippen molar-refractivity contribution in [2.75, 3.05) is 12.5 Å². The summed E-state index contributed by atoms with van der Waals surface area (Å²) in [6.45, 7) is 0. The molecule has 0 saturated carbocycles. The number of nitro groups is 1. The number of nitro benzene ring substituents is 1. The molecule has 2 aromatic carbocycles. The molecule has 0 aliphatic heterocycles. The zero-order valence-corrected chi connectivity index (χ0v) is 13.1. The van der Waals surface area contributed by atoms with Crippen molar-refractivity contribution < 1.29 is 14.8 Å². The quantitative estimate of drug-likeness (QED) is 0.480. The van der Waals surface area contributed by atoms with Crippen LogP contribution in [0, 0.1) is 10.1 Å². The number of rotatable bonds is 5. The van der Waals surface area contributed by atoms with Crippen molar-refractivity contribution in [3.8, 4) is 11.5 Å². The van der Waals surface area contributed by atoms with Gasteiger partial charge in [0.25, 0.3) is 5.69 Å².